The molecule has 0 saturated carbocycles. The summed E-state index contributed by atoms with van der Waals surface area (Å²) in [5, 5.41) is 0. The summed E-state index contributed by atoms with van der Waals surface area (Å²) in [5.74, 6) is 0.795. The summed E-state index contributed by atoms with van der Waals surface area (Å²) in [6, 6.07) is 2.01. The Morgan fingerprint density at radius 1 is 1.36 bits per heavy atom. The van der Waals surface area contributed by atoms with Gasteiger partial charge in [-0.25, -0.2) is 9.97 Å². The number of aromatic nitrogens is 2. The molecule has 78 valence electrons. The zero-order valence-electron chi connectivity index (χ0n) is 9.25. The third kappa shape index (κ3) is 2.77. The van der Waals surface area contributed by atoms with Crippen LogP contribution in [0.15, 0.2) is 6.07 Å². The van der Waals surface area contributed by atoms with Gasteiger partial charge in [-0.15, -0.1) is 0 Å². The van der Waals surface area contributed by atoms with E-state index in [0.29, 0.717) is 0 Å². The maximum atomic E-state index is 5.97. The molecular weight excluding hydrogens is 174 g/mol. The molecule has 2 N–H and O–H groups in total. The first-order valence-electron chi connectivity index (χ1n) is 5.27. The lowest BCUT2D eigenvalue weighted by Crippen LogP contribution is -2.15. The second-order valence-electron chi connectivity index (χ2n) is 3.61. The number of nitrogens with zero attached hydrogens (tertiary/aromatic N) is 2. The van der Waals surface area contributed by atoms with E-state index < -0.39 is 0 Å². The molecule has 1 aromatic heterocycles. The maximum absolute atomic E-state index is 5.97. The summed E-state index contributed by atoms with van der Waals surface area (Å²) >= 11 is 0. The second kappa shape index (κ2) is 5.05. The van der Waals surface area contributed by atoms with Crippen molar-refractivity contribution in [2.45, 2.75) is 46.1 Å². The summed E-state index contributed by atoms with van der Waals surface area (Å²) in [7, 11) is 0. The van der Waals surface area contributed by atoms with Gasteiger partial charge in [0.2, 0.25) is 0 Å². The molecule has 1 heterocycles. The Hall–Kier alpha value is -0.960. The lowest BCUT2D eigenvalue weighted by atomic mass is 10.1. The quantitative estimate of drug-likeness (QED) is 0.797. The average Bonchev–Trinajstić information content (AvgIpc) is 2.17. The van der Waals surface area contributed by atoms with Crippen LogP contribution in [0.2, 0.25) is 0 Å². The van der Waals surface area contributed by atoms with Crippen molar-refractivity contribution in [3.05, 3.63) is 23.3 Å². The molecule has 0 radical (unpaired) electrons. The Labute approximate surface area is 85.8 Å². The smallest absolute Gasteiger partial charge is 0.145 e. The van der Waals surface area contributed by atoms with Crippen molar-refractivity contribution in [2.24, 2.45) is 5.73 Å². The first-order valence-corrected chi connectivity index (χ1v) is 5.27. The molecule has 0 saturated heterocycles. The van der Waals surface area contributed by atoms with Crippen LogP contribution in [0, 0.1) is 6.92 Å². The van der Waals surface area contributed by atoms with E-state index in [2.05, 4.69) is 23.8 Å². The number of hydrogen-bond donors (Lipinski definition) is 1. The summed E-state index contributed by atoms with van der Waals surface area (Å²) < 4.78 is 0. The third-order valence-corrected chi connectivity index (χ3v) is 2.22. The highest BCUT2D eigenvalue weighted by Crippen LogP contribution is 2.12. The van der Waals surface area contributed by atoms with Crippen molar-refractivity contribution in [1.29, 1.82) is 0 Å². The molecule has 1 aromatic rings. The minimum Gasteiger partial charge on any atom is -0.321 e. The summed E-state index contributed by atoms with van der Waals surface area (Å²) in [6.45, 7) is 6.20. The predicted octanol–water partition coefficient (Wildman–Crippen LogP) is 2.15. The Balaban J connectivity index is 2.90. The van der Waals surface area contributed by atoms with Gasteiger partial charge < -0.3 is 5.73 Å². The fourth-order valence-corrected chi connectivity index (χ4v) is 1.45. The number of hydrogen-bond acceptors (Lipinski definition) is 3. The van der Waals surface area contributed by atoms with Crippen LogP contribution in [-0.4, -0.2) is 9.97 Å². The van der Waals surface area contributed by atoms with Crippen LogP contribution in [0.4, 0.5) is 0 Å². The topological polar surface area (TPSA) is 51.8 Å². The van der Waals surface area contributed by atoms with E-state index in [1.165, 1.54) is 0 Å². The first kappa shape index (κ1) is 11.1. The molecule has 3 heteroatoms. The highest BCUT2D eigenvalue weighted by atomic mass is 14.9. The highest BCUT2D eigenvalue weighted by Gasteiger charge is 2.09. The summed E-state index contributed by atoms with van der Waals surface area (Å²) in [6.07, 6.45) is 2.96. The van der Waals surface area contributed by atoms with E-state index in [4.69, 9.17) is 5.73 Å². The molecule has 0 aliphatic rings. The summed E-state index contributed by atoms with van der Waals surface area (Å²) in [4.78, 5) is 8.80. The zero-order valence-corrected chi connectivity index (χ0v) is 9.25. The first-order chi connectivity index (χ1) is 6.67. The molecule has 0 fully saturated rings. The van der Waals surface area contributed by atoms with E-state index in [0.717, 1.165) is 36.5 Å². The maximum Gasteiger partial charge on any atom is 0.145 e. The Kier molecular flexibility index (Phi) is 4.01. The molecule has 0 spiro atoms. The Morgan fingerprint density at radius 3 is 2.64 bits per heavy atom. The van der Waals surface area contributed by atoms with Gasteiger partial charge in [0.05, 0.1) is 6.04 Å². The standard InChI is InChI=1S/C11H19N3/c1-4-6-10(12)11-13-8(3)7-9(5-2)14-11/h7,10H,4-6,12H2,1-3H3. The molecule has 1 rings (SSSR count). The Bertz CT molecular complexity index is 297. The van der Waals surface area contributed by atoms with Crippen molar-refractivity contribution in [2.75, 3.05) is 0 Å². The van der Waals surface area contributed by atoms with Gasteiger partial charge in [0, 0.05) is 11.4 Å². The largest absolute Gasteiger partial charge is 0.321 e. The molecule has 1 atom stereocenters. The van der Waals surface area contributed by atoms with E-state index in [-0.39, 0.29) is 6.04 Å². The van der Waals surface area contributed by atoms with E-state index >= 15 is 0 Å². The van der Waals surface area contributed by atoms with Gasteiger partial charge in [-0.1, -0.05) is 20.3 Å². The fourth-order valence-electron chi connectivity index (χ4n) is 1.45. The van der Waals surface area contributed by atoms with Crippen LogP contribution in [0.5, 0.6) is 0 Å². The van der Waals surface area contributed by atoms with Gasteiger partial charge in [0.15, 0.2) is 0 Å². The van der Waals surface area contributed by atoms with Gasteiger partial charge >= 0.3 is 0 Å². The Morgan fingerprint density at radius 2 is 2.07 bits per heavy atom. The van der Waals surface area contributed by atoms with E-state index in [1.54, 1.807) is 0 Å². The normalized spacial score (nSPS) is 12.9. The number of aryl methyl sites for hydroxylation is 2. The molecular formula is C11H19N3. The number of rotatable bonds is 4. The lowest BCUT2D eigenvalue weighted by molar-refractivity contribution is 0.596. The summed E-state index contributed by atoms with van der Waals surface area (Å²) in [5.41, 5.74) is 8.07. The molecule has 0 bridgehead atoms. The lowest BCUT2D eigenvalue weighted by Gasteiger charge is -2.10. The van der Waals surface area contributed by atoms with Crippen LogP contribution in [0.1, 0.15) is 49.9 Å². The van der Waals surface area contributed by atoms with Crippen LogP contribution in [-0.2, 0) is 6.42 Å². The van der Waals surface area contributed by atoms with Gasteiger partial charge in [0.1, 0.15) is 5.82 Å². The average molecular weight is 193 g/mol. The van der Waals surface area contributed by atoms with Crippen molar-refractivity contribution in [3.63, 3.8) is 0 Å². The SMILES string of the molecule is CCCC(N)c1nc(C)cc(CC)n1. The van der Waals surface area contributed by atoms with Crippen molar-refractivity contribution < 1.29 is 0 Å². The van der Waals surface area contributed by atoms with E-state index in [9.17, 15) is 0 Å². The molecule has 0 aliphatic heterocycles. The van der Waals surface area contributed by atoms with Crippen molar-refractivity contribution >= 4 is 0 Å². The minimum absolute atomic E-state index is 0.00907. The molecule has 0 amide bonds. The molecule has 0 aliphatic carbocycles. The van der Waals surface area contributed by atoms with Crippen molar-refractivity contribution in [3.8, 4) is 0 Å². The van der Waals surface area contributed by atoms with Gasteiger partial charge in [0.25, 0.3) is 0 Å². The monoisotopic (exact) mass is 193 g/mol. The van der Waals surface area contributed by atoms with Crippen molar-refractivity contribution in [1.82, 2.24) is 9.97 Å². The van der Waals surface area contributed by atoms with Gasteiger partial charge in [-0.05, 0) is 25.8 Å². The zero-order chi connectivity index (χ0) is 10.6. The number of nitrogens with two attached hydrogens (primary N) is 1. The van der Waals surface area contributed by atoms with Crippen LogP contribution in [0.25, 0.3) is 0 Å². The second-order valence-corrected chi connectivity index (χ2v) is 3.61. The van der Waals surface area contributed by atoms with Crippen LogP contribution >= 0.6 is 0 Å². The molecule has 0 aromatic carbocycles. The highest BCUT2D eigenvalue weighted by molar-refractivity contribution is 5.11. The fraction of sp³-hybridized carbons (Fsp3) is 0.636. The van der Waals surface area contributed by atoms with E-state index in [1.807, 2.05) is 13.0 Å². The molecule has 3 nitrogen and oxygen atoms in total. The molecule has 14 heavy (non-hydrogen) atoms. The third-order valence-electron chi connectivity index (χ3n) is 2.22. The van der Waals surface area contributed by atoms with Crippen LogP contribution in [0.3, 0.4) is 0 Å². The van der Waals surface area contributed by atoms with Gasteiger partial charge in [-0.2, -0.15) is 0 Å². The van der Waals surface area contributed by atoms with Gasteiger partial charge in [-0.3, -0.25) is 0 Å². The molecule has 1 unspecified atom stereocenters. The minimum atomic E-state index is -0.00907. The predicted molar refractivity (Wildman–Crippen MR) is 58.0 cm³/mol. The van der Waals surface area contributed by atoms with Crippen LogP contribution < -0.4 is 5.73 Å².